The first-order valence-electron chi connectivity index (χ1n) is 8.61. The fourth-order valence-corrected chi connectivity index (χ4v) is 3.28. The average molecular weight is 358 g/mol. The first-order chi connectivity index (χ1) is 12.0. The minimum Gasteiger partial charge on any atom is -0.369 e. The Balaban J connectivity index is 1.51. The second-order valence-corrected chi connectivity index (χ2v) is 7.04. The van der Waals surface area contributed by atoms with E-state index in [0.29, 0.717) is 6.54 Å². The lowest BCUT2D eigenvalue weighted by molar-refractivity contribution is -0.117. The fraction of sp³-hybridized carbons (Fsp3) is 0.350. The predicted molar refractivity (Wildman–Crippen MR) is 105 cm³/mol. The minimum atomic E-state index is 0.0382. The number of rotatable bonds is 4. The second-order valence-electron chi connectivity index (χ2n) is 6.61. The van der Waals surface area contributed by atoms with E-state index in [1.54, 1.807) is 0 Å². The Labute approximate surface area is 154 Å². The molecule has 3 rings (SSSR count). The van der Waals surface area contributed by atoms with E-state index in [1.165, 1.54) is 16.8 Å². The van der Waals surface area contributed by atoms with Gasteiger partial charge in [0.1, 0.15) is 0 Å². The fourth-order valence-electron chi connectivity index (χ4n) is 3.11. The molecule has 1 N–H and O–H groups in total. The zero-order chi connectivity index (χ0) is 17.8. The lowest BCUT2D eigenvalue weighted by atomic mass is 10.1. The molecule has 132 valence electrons. The number of benzene rings is 2. The van der Waals surface area contributed by atoms with Gasteiger partial charge in [-0.05, 0) is 43.7 Å². The summed E-state index contributed by atoms with van der Waals surface area (Å²) in [5.41, 5.74) is 4.46. The summed E-state index contributed by atoms with van der Waals surface area (Å²) in [4.78, 5) is 16.8. The van der Waals surface area contributed by atoms with Crippen LogP contribution >= 0.6 is 11.6 Å². The van der Waals surface area contributed by atoms with E-state index in [4.69, 9.17) is 11.6 Å². The van der Waals surface area contributed by atoms with Crippen LogP contribution in [0.15, 0.2) is 42.5 Å². The molecule has 5 heteroatoms. The van der Waals surface area contributed by atoms with Gasteiger partial charge in [0.15, 0.2) is 0 Å². The SMILES string of the molecule is Cc1ccc(NC(=O)CN2CCN(c3cc(Cl)ccc3C)CC2)cc1. The van der Waals surface area contributed by atoms with Crippen molar-refractivity contribution < 1.29 is 4.79 Å². The van der Waals surface area contributed by atoms with Gasteiger partial charge in [-0.2, -0.15) is 0 Å². The summed E-state index contributed by atoms with van der Waals surface area (Å²) in [5, 5.41) is 3.73. The number of anilines is 2. The highest BCUT2D eigenvalue weighted by Crippen LogP contribution is 2.25. The third-order valence-electron chi connectivity index (χ3n) is 4.59. The van der Waals surface area contributed by atoms with Gasteiger partial charge >= 0.3 is 0 Å². The molecular formula is C20H24ClN3O. The van der Waals surface area contributed by atoms with Gasteiger partial charge in [-0.15, -0.1) is 0 Å². The zero-order valence-electron chi connectivity index (χ0n) is 14.8. The molecule has 0 spiro atoms. The van der Waals surface area contributed by atoms with E-state index in [1.807, 2.05) is 43.3 Å². The number of carbonyl (C=O) groups is 1. The molecule has 1 aliphatic heterocycles. The molecule has 1 heterocycles. The van der Waals surface area contributed by atoms with Gasteiger partial charge in [-0.1, -0.05) is 35.4 Å². The van der Waals surface area contributed by atoms with Crippen molar-refractivity contribution in [3.05, 3.63) is 58.6 Å². The highest BCUT2D eigenvalue weighted by atomic mass is 35.5. The van der Waals surface area contributed by atoms with Crippen LogP contribution in [-0.4, -0.2) is 43.5 Å². The number of nitrogens with one attached hydrogen (secondary N) is 1. The maximum Gasteiger partial charge on any atom is 0.238 e. The van der Waals surface area contributed by atoms with E-state index in [2.05, 4.69) is 28.1 Å². The number of aryl methyl sites for hydroxylation is 2. The Hall–Kier alpha value is -2.04. The summed E-state index contributed by atoms with van der Waals surface area (Å²) in [6, 6.07) is 13.9. The van der Waals surface area contributed by atoms with Crippen LogP contribution in [-0.2, 0) is 4.79 Å². The van der Waals surface area contributed by atoms with E-state index < -0.39 is 0 Å². The van der Waals surface area contributed by atoms with E-state index in [-0.39, 0.29) is 5.91 Å². The van der Waals surface area contributed by atoms with Gasteiger partial charge in [0.25, 0.3) is 0 Å². The molecule has 1 amide bonds. The van der Waals surface area contributed by atoms with Crippen LogP contribution in [0.1, 0.15) is 11.1 Å². The minimum absolute atomic E-state index is 0.0382. The second kappa shape index (κ2) is 7.89. The topological polar surface area (TPSA) is 35.6 Å². The highest BCUT2D eigenvalue weighted by Gasteiger charge is 2.20. The van der Waals surface area contributed by atoms with Gasteiger partial charge in [-0.3, -0.25) is 9.69 Å². The standard InChI is InChI=1S/C20H24ClN3O/c1-15-3-7-18(8-4-15)22-20(25)14-23-9-11-24(12-10-23)19-13-17(21)6-5-16(19)2/h3-8,13H,9-12,14H2,1-2H3,(H,22,25). The van der Waals surface area contributed by atoms with Gasteiger partial charge in [0.05, 0.1) is 6.54 Å². The lowest BCUT2D eigenvalue weighted by Gasteiger charge is -2.36. The largest absolute Gasteiger partial charge is 0.369 e. The molecule has 1 aliphatic rings. The van der Waals surface area contributed by atoms with Crippen LogP contribution < -0.4 is 10.2 Å². The summed E-state index contributed by atoms with van der Waals surface area (Å²) < 4.78 is 0. The molecule has 1 saturated heterocycles. The third-order valence-corrected chi connectivity index (χ3v) is 4.82. The van der Waals surface area contributed by atoms with Gasteiger partial charge < -0.3 is 10.2 Å². The molecular weight excluding hydrogens is 334 g/mol. The Morgan fingerprint density at radius 1 is 1.04 bits per heavy atom. The number of amides is 1. The highest BCUT2D eigenvalue weighted by molar-refractivity contribution is 6.30. The molecule has 0 atom stereocenters. The van der Waals surface area contributed by atoms with Crippen molar-refractivity contribution in [3.63, 3.8) is 0 Å². The first kappa shape index (κ1) is 17.8. The van der Waals surface area contributed by atoms with E-state index >= 15 is 0 Å². The van der Waals surface area contributed by atoms with Gasteiger partial charge in [0, 0.05) is 42.6 Å². The number of halogens is 1. The van der Waals surface area contributed by atoms with Crippen LogP contribution in [0.2, 0.25) is 5.02 Å². The molecule has 0 saturated carbocycles. The van der Waals surface area contributed by atoms with Gasteiger partial charge in [-0.25, -0.2) is 0 Å². The van der Waals surface area contributed by atoms with Gasteiger partial charge in [0.2, 0.25) is 5.91 Å². The predicted octanol–water partition coefficient (Wildman–Crippen LogP) is 3.72. The normalized spacial score (nSPS) is 15.2. The van der Waals surface area contributed by atoms with E-state index in [9.17, 15) is 4.79 Å². The quantitative estimate of drug-likeness (QED) is 0.905. The van der Waals surface area contributed by atoms with Crippen molar-refractivity contribution in [1.29, 1.82) is 0 Å². The number of piperazine rings is 1. The molecule has 0 bridgehead atoms. The number of nitrogens with zero attached hydrogens (tertiary/aromatic N) is 2. The Bertz CT molecular complexity index is 737. The number of hydrogen-bond donors (Lipinski definition) is 1. The summed E-state index contributed by atoms with van der Waals surface area (Å²) in [6.07, 6.45) is 0. The smallest absolute Gasteiger partial charge is 0.238 e. The van der Waals surface area contributed by atoms with Crippen molar-refractivity contribution in [3.8, 4) is 0 Å². The van der Waals surface area contributed by atoms with Crippen molar-refractivity contribution in [2.24, 2.45) is 0 Å². The molecule has 1 fully saturated rings. The summed E-state index contributed by atoms with van der Waals surface area (Å²) in [5.74, 6) is 0.0382. The van der Waals surface area contributed by atoms with E-state index in [0.717, 1.165) is 36.9 Å². The monoisotopic (exact) mass is 357 g/mol. The van der Waals surface area contributed by atoms with Crippen LogP contribution in [0.5, 0.6) is 0 Å². The summed E-state index contributed by atoms with van der Waals surface area (Å²) in [6.45, 7) is 8.11. The Kier molecular flexibility index (Phi) is 5.61. The molecule has 0 radical (unpaired) electrons. The maximum atomic E-state index is 12.2. The van der Waals surface area contributed by atoms with Crippen LogP contribution in [0.25, 0.3) is 0 Å². The third kappa shape index (κ3) is 4.74. The van der Waals surface area contributed by atoms with Crippen LogP contribution in [0.4, 0.5) is 11.4 Å². The average Bonchev–Trinajstić information content (AvgIpc) is 2.60. The molecule has 4 nitrogen and oxygen atoms in total. The lowest BCUT2D eigenvalue weighted by Crippen LogP contribution is -2.48. The van der Waals surface area contributed by atoms with Crippen molar-refractivity contribution in [2.45, 2.75) is 13.8 Å². The molecule has 2 aromatic carbocycles. The van der Waals surface area contributed by atoms with Crippen LogP contribution in [0.3, 0.4) is 0 Å². The number of carbonyl (C=O) groups excluding carboxylic acids is 1. The van der Waals surface area contributed by atoms with Crippen molar-refractivity contribution in [2.75, 3.05) is 42.9 Å². The molecule has 25 heavy (non-hydrogen) atoms. The Morgan fingerprint density at radius 2 is 1.72 bits per heavy atom. The van der Waals surface area contributed by atoms with Crippen molar-refractivity contribution >= 4 is 28.9 Å². The maximum absolute atomic E-state index is 12.2. The molecule has 2 aromatic rings. The number of hydrogen-bond acceptors (Lipinski definition) is 3. The van der Waals surface area contributed by atoms with Crippen LogP contribution in [0, 0.1) is 13.8 Å². The molecule has 0 aromatic heterocycles. The molecule has 0 unspecified atom stereocenters. The Morgan fingerprint density at radius 3 is 2.40 bits per heavy atom. The summed E-state index contributed by atoms with van der Waals surface area (Å²) >= 11 is 6.13. The molecule has 0 aliphatic carbocycles. The first-order valence-corrected chi connectivity index (χ1v) is 8.99. The zero-order valence-corrected chi connectivity index (χ0v) is 15.5. The summed E-state index contributed by atoms with van der Waals surface area (Å²) in [7, 11) is 0. The van der Waals surface area contributed by atoms with Crippen molar-refractivity contribution in [1.82, 2.24) is 4.90 Å².